The lowest BCUT2D eigenvalue weighted by Gasteiger charge is -2.35. The Kier molecular flexibility index (Phi) is 8.18. The average Bonchev–Trinajstić information content (AvgIpc) is 2.90. The van der Waals surface area contributed by atoms with Crippen LogP contribution in [0.3, 0.4) is 0 Å². The number of pyridine rings is 2. The highest BCUT2D eigenvalue weighted by Crippen LogP contribution is 2.20. The molecule has 4 aromatic rings. The van der Waals surface area contributed by atoms with Gasteiger partial charge in [0, 0.05) is 45.1 Å². The van der Waals surface area contributed by atoms with E-state index in [0.717, 1.165) is 51.4 Å². The number of nitrogens with zero attached hydrogens (tertiary/aromatic N) is 5. The molecule has 0 amide bonds. The Labute approximate surface area is 214 Å². The maximum atomic E-state index is 13.5. The topological polar surface area (TPSA) is 62.9 Å². The molecule has 5 rings (SSSR count). The van der Waals surface area contributed by atoms with Crippen LogP contribution >= 0.6 is 12.4 Å². The molecule has 1 fully saturated rings. The summed E-state index contributed by atoms with van der Waals surface area (Å²) in [5.74, 6) is 0.646. The van der Waals surface area contributed by atoms with Crippen LogP contribution in [0.2, 0.25) is 0 Å². The number of benzene rings is 1. The fraction of sp³-hybridized carbons (Fsp3) is 0.296. The molecule has 4 heterocycles. The fourth-order valence-corrected chi connectivity index (χ4v) is 4.71. The summed E-state index contributed by atoms with van der Waals surface area (Å²) >= 11 is 0. The van der Waals surface area contributed by atoms with Crippen LogP contribution in [0.1, 0.15) is 12.8 Å². The number of piperazine rings is 1. The van der Waals surface area contributed by atoms with Crippen LogP contribution in [-0.2, 0) is 6.54 Å². The van der Waals surface area contributed by atoms with Gasteiger partial charge in [0.15, 0.2) is 0 Å². The van der Waals surface area contributed by atoms with Crippen LogP contribution in [0.15, 0.2) is 82.6 Å². The smallest absolute Gasteiger partial charge is 0.335 e. The molecule has 1 aromatic carbocycles. The number of aromatic nitrogens is 3. The Morgan fingerprint density at radius 2 is 1.56 bits per heavy atom. The first-order chi connectivity index (χ1) is 17.1. The normalized spacial score (nSPS) is 14.1. The zero-order chi connectivity index (χ0) is 24.2. The van der Waals surface area contributed by atoms with Gasteiger partial charge in [-0.1, -0.05) is 24.3 Å². The molecule has 3 aromatic heterocycles. The molecule has 1 aliphatic rings. The minimum absolute atomic E-state index is 0. The van der Waals surface area contributed by atoms with Crippen LogP contribution in [0.25, 0.3) is 16.6 Å². The molecule has 36 heavy (non-hydrogen) atoms. The van der Waals surface area contributed by atoms with E-state index in [9.17, 15) is 14.0 Å². The molecule has 7 nitrogen and oxygen atoms in total. The van der Waals surface area contributed by atoms with Crippen LogP contribution in [0, 0.1) is 5.82 Å². The van der Waals surface area contributed by atoms with Crippen LogP contribution in [-0.4, -0.2) is 51.6 Å². The van der Waals surface area contributed by atoms with E-state index in [2.05, 4.69) is 14.8 Å². The molecule has 0 unspecified atom stereocenters. The summed E-state index contributed by atoms with van der Waals surface area (Å²) in [5.41, 5.74) is 0.851. The van der Waals surface area contributed by atoms with Gasteiger partial charge in [0.2, 0.25) is 0 Å². The largest absolute Gasteiger partial charge is 0.354 e. The summed E-state index contributed by atoms with van der Waals surface area (Å²) in [6.45, 7) is 5.06. The second-order valence-electron chi connectivity index (χ2n) is 8.80. The van der Waals surface area contributed by atoms with Crippen molar-refractivity contribution in [3.05, 3.63) is 99.7 Å². The molecule has 0 N–H and O–H groups in total. The monoisotopic (exact) mass is 509 g/mol. The van der Waals surface area contributed by atoms with Crippen molar-refractivity contribution in [1.29, 1.82) is 0 Å². The highest BCUT2D eigenvalue weighted by Gasteiger charge is 2.18. The predicted molar refractivity (Wildman–Crippen MR) is 143 cm³/mol. The number of anilines is 1. The average molecular weight is 510 g/mol. The van der Waals surface area contributed by atoms with E-state index >= 15 is 0 Å². The molecule has 0 bridgehead atoms. The molecule has 1 aliphatic heterocycles. The zero-order valence-corrected chi connectivity index (χ0v) is 20.7. The van der Waals surface area contributed by atoms with E-state index in [1.807, 2.05) is 24.4 Å². The van der Waals surface area contributed by atoms with Crippen molar-refractivity contribution >= 4 is 23.7 Å². The van der Waals surface area contributed by atoms with Gasteiger partial charge < -0.3 is 4.90 Å². The first-order valence-electron chi connectivity index (χ1n) is 12.0. The molecule has 0 saturated carbocycles. The van der Waals surface area contributed by atoms with E-state index in [1.165, 1.54) is 21.1 Å². The van der Waals surface area contributed by atoms with E-state index in [-0.39, 0.29) is 29.5 Å². The quantitative estimate of drug-likeness (QED) is 0.356. The third kappa shape index (κ3) is 5.34. The maximum Gasteiger partial charge on any atom is 0.335 e. The van der Waals surface area contributed by atoms with Gasteiger partial charge in [0.05, 0.1) is 11.1 Å². The van der Waals surface area contributed by atoms with Gasteiger partial charge >= 0.3 is 5.69 Å². The first kappa shape index (κ1) is 25.6. The predicted octanol–water partition coefficient (Wildman–Crippen LogP) is 3.69. The number of hydrogen-bond acceptors (Lipinski definition) is 5. The Morgan fingerprint density at radius 3 is 2.28 bits per heavy atom. The van der Waals surface area contributed by atoms with Gasteiger partial charge in [-0.15, -0.1) is 12.4 Å². The van der Waals surface area contributed by atoms with E-state index < -0.39 is 0 Å². The summed E-state index contributed by atoms with van der Waals surface area (Å²) in [7, 11) is 0. The highest BCUT2D eigenvalue weighted by molar-refractivity contribution is 5.85. The standard InChI is InChI=1S/C27H28FN5O2.ClH/c28-22-11-9-21(10-12-22)25-23-7-2-4-15-32(23)27(35)33(26(25)34)16-6-5-14-30-17-19-31(20-18-30)24-8-1-3-13-29-24;/h1-4,7-13,15H,5-6,14,16-20H2;1H. The SMILES string of the molecule is Cl.O=c1c(-c2ccc(F)cc2)c2ccccn2c(=O)n1CCCCN1CCN(c2ccccn2)CC1. The lowest BCUT2D eigenvalue weighted by Crippen LogP contribution is -2.47. The van der Waals surface area contributed by atoms with Crippen LogP contribution in [0.4, 0.5) is 10.2 Å². The summed E-state index contributed by atoms with van der Waals surface area (Å²) in [4.78, 5) is 35.6. The van der Waals surface area contributed by atoms with Crippen molar-refractivity contribution in [2.45, 2.75) is 19.4 Å². The molecule has 0 aliphatic carbocycles. The minimum Gasteiger partial charge on any atom is -0.354 e. The van der Waals surface area contributed by atoms with Crippen molar-refractivity contribution in [3.8, 4) is 11.1 Å². The Morgan fingerprint density at radius 1 is 0.833 bits per heavy atom. The lowest BCUT2D eigenvalue weighted by atomic mass is 10.1. The number of hydrogen-bond donors (Lipinski definition) is 0. The van der Waals surface area contributed by atoms with Crippen molar-refractivity contribution in [1.82, 2.24) is 18.9 Å². The Hall–Kier alpha value is -3.49. The summed E-state index contributed by atoms with van der Waals surface area (Å²) in [6, 6.07) is 17.1. The Balaban J connectivity index is 0.00000304. The van der Waals surface area contributed by atoms with Crippen LogP contribution < -0.4 is 16.1 Å². The molecular formula is C27H29ClFN5O2. The number of halogens is 2. The van der Waals surface area contributed by atoms with Gasteiger partial charge in [0.25, 0.3) is 5.56 Å². The number of rotatable bonds is 7. The van der Waals surface area contributed by atoms with Gasteiger partial charge in [-0.2, -0.15) is 0 Å². The second kappa shape index (κ2) is 11.5. The van der Waals surface area contributed by atoms with Gasteiger partial charge in [-0.3, -0.25) is 18.7 Å². The molecule has 0 spiro atoms. The van der Waals surface area contributed by atoms with Crippen molar-refractivity contribution in [2.75, 3.05) is 37.6 Å². The molecule has 188 valence electrons. The number of fused-ring (bicyclic) bond motifs is 1. The summed E-state index contributed by atoms with van der Waals surface area (Å²) in [5, 5.41) is 0. The molecule has 0 radical (unpaired) electrons. The fourth-order valence-electron chi connectivity index (χ4n) is 4.71. The summed E-state index contributed by atoms with van der Waals surface area (Å²) < 4.78 is 16.3. The van der Waals surface area contributed by atoms with E-state index in [1.54, 1.807) is 36.5 Å². The second-order valence-corrected chi connectivity index (χ2v) is 8.80. The van der Waals surface area contributed by atoms with Gasteiger partial charge in [-0.05, 0) is 61.3 Å². The molecule has 0 atom stereocenters. The van der Waals surface area contributed by atoms with E-state index in [0.29, 0.717) is 23.2 Å². The Bertz CT molecular complexity index is 1410. The molecule has 1 saturated heterocycles. The van der Waals surface area contributed by atoms with Crippen molar-refractivity contribution < 1.29 is 4.39 Å². The van der Waals surface area contributed by atoms with Gasteiger partial charge in [-0.25, -0.2) is 14.2 Å². The first-order valence-corrected chi connectivity index (χ1v) is 12.0. The zero-order valence-electron chi connectivity index (χ0n) is 19.9. The molecule has 9 heteroatoms. The summed E-state index contributed by atoms with van der Waals surface area (Å²) in [6.07, 6.45) is 5.10. The van der Waals surface area contributed by atoms with Gasteiger partial charge in [0.1, 0.15) is 11.6 Å². The minimum atomic E-state index is -0.368. The lowest BCUT2D eigenvalue weighted by molar-refractivity contribution is 0.250. The third-order valence-electron chi connectivity index (χ3n) is 6.60. The third-order valence-corrected chi connectivity index (χ3v) is 6.60. The van der Waals surface area contributed by atoms with Crippen molar-refractivity contribution in [3.63, 3.8) is 0 Å². The highest BCUT2D eigenvalue weighted by atomic mass is 35.5. The molecular weight excluding hydrogens is 481 g/mol. The van der Waals surface area contributed by atoms with E-state index in [4.69, 9.17) is 0 Å². The maximum absolute atomic E-state index is 13.5. The van der Waals surface area contributed by atoms with Crippen LogP contribution in [0.5, 0.6) is 0 Å². The van der Waals surface area contributed by atoms with Crippen molar-refractivity contribution in [2.24, 2.45) is 0 Å². The number of unbranched alkanes of at least 4 members (excludes halogenated alkanes) is 1.